The molecule has 0 heterocycles. The number of methoxy groups -OCH3 is 1. The Bertz CT molecular complexity index is 345. The van der Waals surface area contributed by atoms with Crippen molar-refractivity contribution in [3.05, 3.63) is 29.3 Å². The third-order valence-electron chi connectivity index (χ3n) is 2.16. The molecule has 0 saturated carbocycles. The van der Waals surface area contributed by atoms with Crippen molar-refractivity contribution >= 4 is 5.97 Å². The second-order valence-electron chi connectivity index (χ2n) is 3.51. The van der Waals surface area contributed by atoms with E-state index in [2.05, 4.69) is 6.92 Å². The highest BCUT2D eigenvalue weighted by Gasteiger charge is 2.04. The average Bonchev–Trinajstić information content (AvgIpc) is 2.16. The van der Waals surface area contributed by atoms with Gasteiger partial charge in [-0.2, -0.15) is 0 Å². The first-order valence-corrected chi connectivity index (χ1v) is 5.04. The normalized spacial score (nSPS) is 10.0. The lowest BCUT2D eigenvalue weighted by Gasteiger charge is -2.07. The average molecular weight is 208 g/mol. The maximum absolute atomic E-state index is 10.6. The summed E-state index contributed by atoms with van der Waals surface area (Å²) < 4.78 is 5.13. The maximum atomic E-state index is 10.6. The third-order valence-corrected chi connectivity index (χ3v) is 2.16. The summed E-state index contributed by atoms with van der Waals surface area (Å²) in [5.41, 5.74) is 1.93. The standard InChI is InChI=1S/C12H16O3/c1-3-4-9-5-10(8-12(13)14)7-11(6-9)15-2/h5-7H,3-4,8H2,1-2H3,(H,13,14). The van der Waals surface area contributed by atoms with Crippen LogP contribution in [0.5, 0.6) is 5.75 Å². The van der Waals surface area contributed by atoms with E-state index in [0.717, 1.165) is 29.7 Å². The Balaban J connectivity index is 2.94. The van der Waals surface area contributed by atoms with Crippen LogP contribution in [0.3, 0.4) is 0 Å². The van der Waals surface area contributed by atoms with E-state index in [0.29, 0.717) is 0 Å². The predicted octanol–water partition coefficient (Wildman–Crippen LogP) is 2.27. The molecule has 1 aromatic carbocycles. The molecule has 0 amide bonds. The van der Waals surface area contributed by atoms with E-state index in [9.17, 15) is 4.79 Å². The number of ether oxygens (including phenoxy) is 1. The van der Waals surface area contributed by atoms with Crippen LogP contribution in [0.2, 0.25) is 0 Å². The molecule has 0 fully saturated rings. The van der Waals surface area contributed by atoms with Crippen LogP contribution in [0.1, 0.15) is 24.5 Å². The van der Waals surface area contributed by atoms with Gasteiger partial charge >= 0.3 is 5.97 Å². The molecule has 1 aromatic rings. The van der Waals surface area contributed by atoms with Gasteiger partial charge in [0.1, 0.15) is 5.75 Å². The monoisotopic (exact) mass is 208 g/mol. The number of rotatable bonds is 5. The highest BCUT2D eigenvalue weighted by Crippen LogP contribution is 2.18. The summed E-state index contributed by atoms with van der Waals surface area (Å²) in [6, 6.07) is 5.66. The minimum absolute atomic E-state index is 0.0495. The minimum Gasteiger partial charge on any atom is -0.497 e. The molecule has 82 valence electrons. The second-order valence-corrected chi connectivity index (χ2v) is 3.51. The zero-order valence-corrected chi connectivity index (χ0v) is 9.12. The molecular weight excluding hydrogens is 192 g/mol. The van der Waals surface area contributed by atoms with Crippen LogP contribution in [-0.2, 0) is 17.6 Å². The maximum Gasteiger partial charge on any atom is 0.307 e. The van der Waals surface area contributed by atoms with E-state index in [-0.39, 0.29) is 6.42 Å². The molecule has 1 N–H and O–H groups in total. The van der Waals surface area contributed by atoms with Gasteiger partial charge in [-0.3, -0.25) is 4.79 Å². The van der Waals surface area contributed by atoms with Crippen LogP contribution in [0.4, 0.5) is 0 Å². The largest absolute Gasteiger partial charge is 0.497 e. The highest BCUT2D eigenvalue weighted by molar-refractivity contribution is 5.70. The first kappa shape index (κ1) is 11.6. The van der Waals surface area contributed by atoms with Crippen LogP contribution in [0.25, 0.3) is 0 Å². The number of carbonyl (C=O) groups is 1. The Morgan fingerprint density at radius 3 is 2.53 bits per heavy atom. The smallest absolute Gasteiger partial charge is 0.307 e. The van der Waals surface area contributed by atoms with Crippen LogP contribution >= 0.6 is 0 Å². The topological polar surface area (TPSA) is 46.5 Å². The van der Waals surface area contributed by atoms with Gasteiger partial charge in [-0.25, -0.2) is 0 Å². The Morgan fingerprint density at radius 1 is 1.33 bits per heavy atom. The molecule has 0 saturated heterocycles. The fourth-order valence-electron chi connectivity index (χ4n) is 1.56. The van der Waals surface area contributed by atoms with Gasteiger partial charge in [0, 0.05) is 0 Å². The molecule has 0 aliphatic rings. The fraction of sp³-hybridized carbons (Fsp3) is 0.417. The number of aryl methyl sites for hydroxylation is 1. The number of carboxylic acid groups (broad SMARTS) is 1. The number of aliphatic carboxylic acids is 1. The molecule has 0 unspecified atom stereocenters. The first-order valence-electron chi connectivity index (χ1n) is 5.04. The summed E-state index contributed by atoms with van der Waals surface area (Å²) in [6.45, 7) is 2.09. The molecule has 3 heteroatoms. The van der Waals surface area contributed by atoms with Crippen molar-refractivity contribution in [1.29, 1.82) is 0 Å². The van der Waals surface area contributed by atoms with E-state index >= 15 is 0 Å². The molecule has 0 spiro atoms. The van der Waals surface area contributed by atoms with Gasteiger partial charge in [-0.1, -0.05) is 19.4 Å². The van der Waals surface area contributed by atoms with Crippen LogP contribution in [-0.4, -0.2) is 18.2 Å². The Labute approximate surface area is 89.7 Å². The van der Waals surface area contributed by atoms with Gasteiger partial charge in [0.15, 0.2) is 0 Å². The van der Waals surface area contributed by atoms with Crippen molar-refractivity contribution in [2.75, 3.05) is 7.11 Å². The van der Waals surface area contributed by atoms with Crippen molar-refractivity contribution in [3.63, 3.8) is 0 Å². The van der Waals surface area contributed by atoms with Crippen molar-refractivity contribution in [3.8, 4) is 5.75 Å². The van der Waals surface area contributed by atoms with Gasteiger partial charge in [-0.15, -0.1) is 0 Å². The summed E-state index contributed by atoms with van der Waals surface area (Å²) in [4.78, 5) is 10.6. The van der Waals surface area contributed by atoms with Crippen LogP contribution in [0.15, 0.2) is 18.2 Å². The van der Waals surface area contributed by atoms with Gasteiger partial charge < -0.3 is 9.84 Å². The number of hydrogen-bond acceptors (Lipinski definition) is 2. The number of benzene rings is 1. The Kier molecular flexibility index (Phi) is 4.16. The fourth-order valence-corrected chi connectivity index (χ4v) is 1.56. The summed E-state index contributed by atoms with van der Waals surface area (Å²) in [6.07, 6.45) is 2.04. The molecule has 3 nitrogen and oxygen atoms in total. The summed E-state index contributed by atoms with van der Waals surface area (Å²) >= 11 is 0. The minimum atomic E-state index is -0.814. The molecule has 0 bridgehead atoms. The SMILES string of the molecule is CCCc1cc(CC(=O)O)cc(OC)c1. The molecule has 15 heavy (non-hydrogen) atoms. The molecule has 1 rings (SSSR count). The second kappa shape index (κ2) is 5.39. The molecule has 0 radical (unpaired) electrons. The van der Waals surface area contributed by atoms with Crippen molar-refractivity contribution in [2.45, 2.75) is 26.2 Å². The quantitative estimate of drug-likeness (QED) is 0.807. The van der Waals surface area contributed by atoms with Crippen LogP contribution < -0.4 is 4.74 Å². The van der Waals surface area contributed by atoms with Gasteiger partial charge in [-0.05, 0) is 29.7 Å². The lowest BCUT2D eigenvalue weighted by atomic mass is 10.0. The zero-order valence-electron chi connectivity index (χ0n) is 9.12. The van der Waals surface area contributed by atoms with Crippen molar-refractivity contribution < 1.29 is 14.6 Å². The van der Waals surface area contributed by atoms with E-state index in [1.165, 1.54) is 0 Å². The Hall–Kier alpha value is -1.51. The van der Waals surface area contributed by atoms with E-state index in [1.54, 1.807) is 13.2 Å². The van der Waals surface area contributed by atoms with Gasteiger partial charge in [0.25, 0.3) is 0 Å². The molecule has 0 aromatic heterocycles. The lowest BCUT2D eigenvalue weighted by Crippen LogP contribution is -2.01. The molecule has 0 aliphatic heterocycles. The summed E-state index contributed by atoms with van der Waals surface area (Å²) in [5, 5.41) is 8.71. The number of hydrogen-bond donors (Lipinski definition) is 1. The first-order chi connectivity index (χ1) is 7.15. The predicted molar refractivity (Wildman–Crippen MR) is 58.3 cm³/mol. The van der Waals surface area contributed by atoms with Crippen molar-refractivity contribution in [1.82, 2.24) is 0 Å². The lowest BCUT2D eigenvalue weighted by molar-refractivity contribution is -0.136. The van der Waals surface area contributed by atoms with Crippen LogP contribution in [0, 0.1) is 0 Å². The van der Waals surface area contributed by atoms with E-state index < -0.39 is 5.97 Å². The third kappa shape index (κ3) is 3.62. The Morgan fingerprint density at radius 2 is 2.00 bits per heavy atom. The molecule has 0 aliphatic carbocycles. The van der Waals surface area contributed by atoms with Gasteiger partial charge in [0.05, 0.1) is 13.5 Å². The number of carboxylic acids is 1. The zero-order chi connectivity index (χ0) is 11.3. The summed E-state index contributed by atoms with van der Waals surface area (Å²) in [5.74, 6) is -0.0806. The highest BCUT2D eigenvalue weighted by atomic mass is 16.5. The molecular formula is C12H16O3. The van der Waals surface area contributed by atoms with Crippen molar-refractivity contribution in [2.24, 2.45) is 0 Å². The van der Waals surface area contributed by atoms with E-state index in [4.69, 9.17) is 9.84 Å². The summed E-state index contributed by atoms with van der Waals surface area (Å²) in [7, 11) is 1.59. The van der Waals surface area contributed by atoms with Gasteiger partial charge in [0.2, 0.25) is 0 Å². The van der Waals surface area contributed by atoms with E-state index in [1.807, 2.05) is 12.1 Å². The molecule has 0 atom stereocenters.